The van der Waals surface area contributed by atoms with Crippen molar-refractivity contribution in [2.45, 2.75) is 45.1 Å². The maximum atomic E-state index is 13.1. The predicted molar refractivity (Wildman–Crippen MR) is 136 cm³/mol. The Morgan fingerprint density at radius 3 is 2.40 bits per heavy atom. The first kappa shape index (κ1) is 26.4. The molecule has 188 valence electrons. The fourth-order valence-corrected chi connectivity index (χ4v) is 4.52. The van der Waals surface area contributed by atoms with Crippen LogP contribution in [0.25, 0.3) is 0 Å². The number of aryl methyl sites for hydroxylation is 2. The summed E-state index contributed by atoms with van der Waals surface area (Å²) in [5.74, 6) is -0.334. The molecule has 3 rings (SSSR count). The number of rotatable bonds is 11. The summed E-state index contributed by atoms with van der Waals surface area (Å²) in [4.78, 5) is 40.7. The van der Waals surface area contributed by atoms with Gasteiger partial charge in [0.1, 0.15) is 6.04 Å². The van der Waals surface area contributed by atoms with E-state index >= 15 is 0 Å². The summed E-state index contributed by atoms with van der Waals surface area (Å²) in [5.41, 5.74) is 2.58. The van der Waals surface area contributed by atoms with Gasteiger partial charge in [-0.15, -0.1) is 0 Å². The van der Waals surface area contributed by atoms with E-state index in [0.717, 1.165) is 17.5 Å². The van der Waals surface area contributed by atoms with Crippen LogP contribution >= 0.6 is 0 Å². The molecule has 1 fully saturated rings. The van der Waals surface area contributed by atoms with Gasteiger partial charge in [-0.3, -0.25) is 14.4 Å². The maximum Gasteiger partial charge on any atom is 0.252 e. The normalized spacial score (nSPS) is 14.9. The number of carbonyl (C=O) groups is 3. The number of amides is 3. The smallest absolute Gasteiger partial charge is 0.252 e. The molecule has 1 aliphatic heterocycles. The van der Waals surface area contributed by atoms with E-state index in [4.69, 9.17) is 4.74 Å². The highest BCUT2D eigenvalue weighted by molar-refractivity contribution is 5.98. The van der Waals surface area contributed by atoms with Crippen LogP contribution in [0.2, 0.25) is 0 Å². The topological polar surface area (TPSA) is 87.7 Å². The number of benzene rings is 2. The lowest BCUT2D eigenvalue weighted by Crippen LogP contribution is -2.54. The third-order valence-electron chi connectivity index (χ3n) is 6.62. The molecule has 2 N–H and O–H groups in total. The lowest BCUT2D eigenvalue weighted by Gasteiger charge is -2.36. The molecule has 0 saturated carbocycles. The van der Waals surface area contributed by atoms with Gasteiger partial charge in [0.25, 0.3) is 5.91 Å². The third-order valence-corrected chi connectivity index (χ3v) is 6.62. The minimum Gasteiger partial charge on any atom is -0.385 e. The van der Waals surface area contributed by atoms with Crippen molar-refractivity contribution >= 4 is 17.7 Å². The van der Waals surface area contributed by atoms with Gasteiger partial charge in [0, 0.05) is 45.3 Å². The summed E-state index contributed by atoms with van der Waals surface area (Å²) in [7, 11) is 1.63. The molecule has 7 heteroatoms. The van der Waals surface area contributed by atoms with Gasteiger partial charge in [-0.1, -0.05) is 48.5 Å². The van der Waals surface area contributed by atoms with Gasteiger partial charge in [0.2, 0.25) is 11.8 Å². The lowest BCUT2D eigenvalue weighted by atomic mass is 9.88. The second-order valence-corrected chi connectivity index (χ2v) is 9.11. The van der Waals surface area contributed by atoms with E-state index in [9.17, 15) is 14.4 Å². The van der Waals surface area contributed by atoms with Crippen LogP contribution in [0.15, 0.2) is 54.6 Å². The minimum absolute atomic E-state index is 0.0384. The van der Waals surface area contributed by atoms with Crippen molar-refractivity contribution in [2.75, 3.05) is 33.4 Å². The van der Waals surface area contributed by atoms with Gasteiger partial charge in [-0.2, -0.15) is 0 Å². The number of nitrogens with zero attached hydrogens (tertiary/aromatic N) is 1. The molecule has 0 radical (unpaired) electrons. The molecule has 0 unspecified atom stereocenters. The average Bonchev–Trinajstić information content (AvgIpc) is 2.89. The Balaban J connectivity index is 1.59. The van der Waals surface area contributed by atoms with Crippen molar-refractivity contribution < 1.29 is 19.1 Å². The van der Waals surface area contributed by atoms with E-state index in [1.54, 1.807) is 13.2 Å². The highest BCUT2D eigenvalue weighted by Gasteiger charge is 2.34. The van der Waals surface area contributed by atoms with Gasteiger partial charge >= 0.3 is 0 Å². The minimum atomic E-state index is -0.647. The molecule has 1 atom stereocenters. The Hall–Kier alpha value is -3.19. The SMILES string of the molecule is COCCCNC(=O)[C@@H](NC(=O)c1ccccc1C)C1CCN(C(=O)CCc2ccccc2)CC1. The van der Waals surface area contributed by atoms with Gasteiger partial charge < -0.3 is 20.3 Å². The molecular weight excluding hydrogens is 442 g/mol. The molecule has 0 aromatic heterocycles. The third kappa shape index (κ3) is 7.92. The standard InChI is InChI=1S/C28H37N3O4/c1-21-9-6-7-12-24(21)27(33)30-26(28(34)29-17-8-20-35-2)23-15-18-31(19-16-23)25(32)14-13-22-10-4-3-5-11-22/h3-7,9-12,23,26H,8,13-20H2,1-2H3,(H,29,34)(H,30,33)/t26-/m0/s1. The summed E-state index contributed by atoms with van der Waals surface area (Å²) >= 11 is 0. The number of hydrogen-bond donors (Lipinski definition) is 2. The van der Waals surface area contributed by atoms with Crippen LogP contribution in [0.1, 0.15) is 47.2 Å². The molecule has 0 spiro atoms. The van der Waals surface area contributed by atoms with E-state index in [2.05, 4.69) is 10.6 Å². The van der Waals surface area contributed by atoms with Gasteiger partial charge in [-0.05, 0) is 55.7 Å². The van der Waals surface area contributed by atoms with Crippen molar-refractivity contribution in [1.82, 2.24) is 15.5 Å². The molecule has 1 aliphatic rings. The van der Waals surface area contributed by atoms with Crippen molar-refractivity contribution in [2.24, 2.45) is 5.92 Å². The Kier molecular flexibility index (Phi) is 10.3. The highest BCUT2D eigenvalue weighted by atomic mass is 16.5. The summed E-state index contributed by atoms with van der Waals surface area (Å²) in [6.45, 7) is 4.11. The molecule has 0 aliphatic carbocycles. The lowest BCUT2D eigenvalue weighted by molar-refractivity contribution is -0.133. The molecular formula is C28H37N3O4. The molecule has 35 heavy (non-hydrogen) atoms. The molecule has 0 bridgehead atoms. The van der Waals surface area contributed by atoms with Gasteiger partial charge in [-0.25, -0.2) is 0 Å². The quantitative estimate of drug-likeness (QED) is 0.485. The highest BCUT2D eigenvalue weighted by Crippen LogP contribution is 2.23. The fourth-order valence-electron chi connectivity index (χ4n) is 4.52. The van der Waals surface area contributed by atoms with Crippen LogP contribution < -0.4 is 10.6 Å². The van der Waals surface area contributed by atoms with E-state index < -0.39 is 6.04 Å². The number of nitrogens with one attached hydrogen (secondary N) is 2. The Bertz CT molecular complexity index is 971. The molecule has 1 heterocycles. The summed E-state index contributed by atoms with van der Waals surface area (Å²) in [6, 6.07) is 16.7. The molecule has 2 aromatic carbocycles. The van der Waals surface area contributed by atoms with Crippen LogP contribution in [-0.2, 0) is 20.7 Å². The van der Waals surface area contributed by atoms with Crippen LogP contribution in [-0.4, -0.2) is 62.0 Å². The first-order valence-electron chi connectivity index (χ1n) is 12.4. The molecule has 1 saturated heterocycles. The fraction of sp³-hybridized carbons (Fsp3) is 0.464. The molecule has 3 amide bonds. The number of methoxy groups -OCH3 is 1. The van der Waals surface area contributed by atoms with Gasteiger partial charge in [0.05, 0.1) is 0 Å². The Morgan fingerprint density at radius 2 is 1.71 bits per heavy atom. The number of piperidine rings is 1. The van der Waals surface area contributed by atoms with Crippen LogP contribution in [0.4, 0.5) is 0 Å². The van der Waals surface area contributed by atoms with Crippen molar-refractivity contribution in [3.63, 3.8) is 0 Å². The largest absolute Gasteiger partial charge is 0.385 e. The first-order chi connectivity index (χ1) is 17.0. The second-order valence-electron chi connectivity index (χ2n) is 9.11. The molecule has 7 nitrogen and oxygen atoms in total. The maximum absolute atomic E-state index is 13.1. The van der Waals surface area contributed by atoms with Crippen LogP contribution in [0, 0.1) is 12.8 Å². The van der Waals surface area contributed by atoms with Gasteiger partial charge in [0.15, 0.2) is 0 Å². The van der Waals surface area contributed by atoms with Crippen molar-refractivity contribution in [3.05, 3.63) is 71.3 Å². The number of carbonyl (C=O) groups excluding carboxylic acids is 3. The van der Waals surface area contributed by atoms with E-state index in [1.165, 1.54) is 0 Å². The zero-order valence-electron chi connectivity index (χ0n) is 20.8. The van der Waals surface area contributed by atoms with E-state index in [1.807, 2.05) is 60.4 Å². The summed E-state index contributed by atoms with van der Waals surface area (Å²) in [6.07, 6.45) is 3.23. The number of ether oxygens (including phenoxy) is 1. The van der Waals surface area contributed by atoms with Crippen molar-refractivity contribution in [3.8, 4) is 0 Å². The van der Waals surface area contributed by atoms with Crippen LogP contribution in [0.3, 0.4) is 0 Å². The van der Waals surface area contributed by atoms with E-state index in [0.29, 0.717) is 57.5 Å². The van der Waals surface area contributed by atoms with E-state index in [-0.39, 0.29) is 23.6 Å². The second kappa shape index (κ2) is 13.6. The Morgan fingerprint density at radius 1 is 1.03 bits per heavy atom. The van der Waals surface area contributed by atoms with Crippen LogP contribution in [0.5, 0.6) is 0 Å². The number of likely N-dealkylation sites (tertiary alicyclic amines) is 1. The number of hydrogen-bond acceptors (Lipinski definition) is 4. The summed E-state index contributed by atoms with van der Waals surface area (Å²) in [5, 5.41) is 5.93. The molecule has 2 aromatic rings. The average molecular weight is 480 g/mol. The first-order valence-corrected chi connectivity index (χ1v) is 12.4. The van der Waals surface area contributed by atoms with Crippen molar-refractivity contribution in [1.29, 1.82) is 0 Å². The zero-order chi connectivity index (χ0) is 25.0. The Labute approximate surface area is 208 Å². The monoisotopic (exact) mass is 479 g/mol. The zero-order valence-corrected chi connectivity index (χ0v) is 20.8. The summed E-state index contributed by atoms with van der Waals surface area (Å²) < 4.78 is 5.06. The predicted octanol–water partition coefficient (Wildman–Crippen LogP) is 3.12.